The van der Waals surface area contributed by atoms with Crippen LogP contribution in [-0.4, -0.2) is 41.9 Å². The molecule has 0 aliphatic carbocycles. The minimum absolute atomic E-state index is 0.259. The van der Waals surface area contributed by atoms with Gasteiger partial charge in [-0.2, -0.15) is 0 Å². The van der Waals surface area contributed by atoms with E-state index < -0.39 is 0 Å². The van der Waals surface area contributed by atoms with E-state index >= 15 is 0 Å². The van der Waals surface area contributed by atoms with Gasteiger partial charge in [0.1, 0.15) is 17.3 Å². The van der Waals surface area contributed by atoms with E-state index in [-0.39, 0.29) is 5.82 Å². The van der Waals surface area contributed by atoms with Crippen LogP contribution < -0.4 is 0 Å². The van der Waals surface area contributed by atoms with Crippen LogP contribution in [-0.2, 0) is 11.3 Å². The Labute approximate surface area is 159 Å². The molecule has 27 heavy (non-hydrogen) atoms. The number of rotatable bonds is 4. The van der Waals surface area contributed by atoms with E-state index in [0.29, 0.717) is 29.1 Å². The van der Waals surface area contributed by atoms with Gasteiger partial charge in [0.25, 0.3) is 0 Å². The lowest BCUT2D eigenvalue weighted by Gasteiger charge is -2.47. The Kier molecular flexibility index (Phi) is 5.04. The monoisotopic (exact) mass is 370 g/mol. The average molecular weight is 370 g/mol. The third kappa shape index (κ3) is 3.79. The molecule has 2 aliphatic rings. The first-order chi connectivity index (χ1) is 13.1. The Bertz CT molecular complexity index is 808. The normalized spacial score (nSPS) is 20.4. The lowest BCUT2D eigenvalue weighted by molar-refractivity contribution is -0.138. The molecule has 1 aromatic heterocycles. The van der Waals surface area contributed by atoms with Gasteiger partial charge in [0.05, 0.1) is 12.1 Å². The van der Waals surface area contributed by atoms with Gasteiger partial charge in [-0.3, -0.25) is 9.69 Å². The lowest BCUT2D eigenvalue weighted by Crippen LogP contribution is -2.51. The molecule has 144 valence electrons. The van der Waals surface area contributed by atoms with Crippen LogP contribution in [0.1, 0.15) is 38.4 Å². The first kappa shape index (κ1) is 18.2. The summed E-state index contributed by atoms with van der Waals surface area (Å²) in [5, 5.41) is 0. The highest BCUT2D eigenvalue weighted by Crippen LogP contribution is 2.40. The Hall–Kier alpha value is -2.14. The number of piperidine rings is 2. The van der Waals surface area contributed by atoms with Crippen LogP contribution >= 0.6 is 0 Å². The number of furan rings is 1. The molecule has 4 rings (SSSR count). The number of carbonyl (C=O) groups excluding carboxylic acids is 1. The quantitative estimate of drug-likeness (QED) is 0.805. The second-order valence-corrected chi connectivity index (χ2v) is 7.93. The zero-order valence-electron chi connectivity index (χ0n) is 15.9. The van der Waals surface area contributed by atoms with Crippen LogP contribution in [0.3, 0.4) is 0 Å². The summed E-state index contributed by atoms with van der Waals surface area (Å²) in [6.07, 6.45) is 3.96. The van der Waals surface area contributed by atoms with Gasteiger partial charge >= 0.3 is 0 Å². The Morgan fingerprint density at radius 3 is 2.63 bits per heavy atom. The third-order valence-corrected chi connectivity index (χ3v) is 6.23. The molecule has 5 heteroatoms. The van der Waals surface area contributed by atoms with Gasteiger partial charge in [-0.05, 0) is 69.0 Å². The molecule has 0 saturated carbocycles. The molecular formula is C22H27FN2O2. The molecule has 3 heterocycles. The second kappa shape index (κ2) is 7.47. The molecule has 2 aromatic rings. The highest BCUT2D eigenvalue weighted by molar-refractivity contribution is 5.77. The Morgan fingerprint density at radius 2 is 1.89 bits per heavy atom. The van der Waals surface area contributed by atoms with Crippen molar-refractivity contribution in [2.75, 3.05) is 26.2 Å². The van der Waals surface area contributed by atoms with Gasteiger partial charge in [0.2, 0.25) is 5.91 Å². The predicted molar refractivity (Wildman–Crippen MR) is 103 cm³/mol. The number of hydrogen-bond donors (Lipinski definition) is 0. The highest BCUT2D eigenvalue weighted by atomic mass is 19.1. The lowest BCUT2D eigenvalue weighted by atomic mass is 9.72. The van der Waals surface area contributed by atoms with Crippen LogP contribution in [0, 0.1) is 11.2 Å². The molecule has 0 bridgehead atoms. The number of hydrogen-bond acceptors (Lipinski definition) is 3. The van der Waals surface area contributed by atoms with Crippen molar-refractivity contribution in [3.05, 3.63) is 48.0 Å². The standard InChI is InChI=1S/C22H27FN2O2/c1-2-25-16-22(10-9-21(25)26)11-13-24(14-12-22)15-17-7-8-20(27-17)18-5-3-4-6-19(18)23/h3-8H,2,9-16H2,1H3. The predicted octanol–water partition coefficient (Wildman–Crippen LogP) is 4.31. The summed E-state index contributed by atoms with van der Waals surface area (Å²) >= 11 is 0. The van der Waals surface area contributed by atoms with E-state index in [1.54, 1.807) is 12.1 Å². The maximum absolute atomic E-state index is 13.9. The maximum Gasteiger partial charge on any atom is 0.222 e. The van der Waals surface area contributed by atoms with Gasteiger partial charge in [0.15, 0.2) is 0 Å². The van der Waals surface area contributed by atoms with Crippen molar-refractivity contribution in [1.82, 2.24) is 9.80 Å². The van der Waals surface area contributed by atoms with Crippen molar-refractivity contribution in [2.45, 2.75) is 39.2 Å². The highest BCUT2D eigenvalue weighted by Gasteiger charge is 2.40. The SMILES string of the molecule is CCN1CC2(CCC1=O)CCN(Cc1ccc(-c3ccccc3F)o1)CC2. The van der Waals surface area contributed by atoms with Crippen molar-refractivity contribution in [2.24, 2.45) is 5.41 Å². The van der Waals surface area contributed by atoms with Crippen molar-refractivity contribution < 1.29 is 13.6 Å². The number of nitrogens with zero attached hydrogens (tertiary/aromatic N) is 2. The topological polar surface area (TPSA) is 36.7 Å². The van der Waals surface area contributed by atoms with E-state index in [2.05, 4.69) is 11.8 Å². The van der Waals surface area contributed by atoms with Crippen LogP contribution in [0.2, 0.25) is 0 Å². The fraction of sp³-hybridized carbons (Fsp3) is 0.500. The number of benzene rings is 1. The number of carbonyl (C=O) groups is 1. The van der Waals surface area contributed by atoms with E-state index in [9.17, 15) is 9.18 Å². The molecule has 4 nitrogen and oxygen atoms in total. The molecular weight excluding hydrogens is 343 g/mol. The fourth-order valence-corrected chi connectivity index (χ4v) is 4.47. The third-order valence-electron chi connectivity index (χ3n) is 6.23. The van der Waals surface area contributed by atoms with Crippen molar-refractivity contribution in [3.8, 4) is 11.3 Å². The van der Waals surface area contributed by atoms with Gasteiger partial charge in [0, 0.05) is 19.5 Å². The van der Waals surface area contributed by atoms with Gasteiger partial charge in [-0.25, -0.2) is 4.39 Å². The molecule has 0 N–H and O–H groups in total. The molecule has 0 atom stereocenters. The Morgan fingerprint density at radius 1 is 1.11 bits per heavy atom. The van der Waals surface area contributed by atoms with Gasteiger partial charge in [-0.15, -0.1) is 0 Å². The van der Waals surface area contributed by atoms with Crippen molar-refractivity contribution >= 4 is 5.91 Å². The van der Waals surface area contributed by atoms with Crippen molar-refractivity contribution in [3.63, 3.8) is 0 Å². The summed E-state index contributed by atoms with van der Waals surface area (Å²) in [5.74, 6) is 1.51. The van der Waals surface area contributed by atoms with Crippen LogP contribution in [0.25, 0.3) is 11.3 Å². The summed E-state index contributed by atoms with van der Waals surface area (Å²) in [6.45, 7) is 6.57. The molecule has 2 saturated heterocycles. The molecule has 1 aromatic carbocycles. The van der Waals surface area contributed by atoms with E-state index in [0.717, 1.165) is 57.7 Å². The zero-order valence-corrected chi connectivity index (χ0v) is 15.9. The van der Waals surface area contributed by atoms with Gasteiger partial charge < -0.3 is 9.32 Å². The molecule has 0 unspecified atom stereocenters. The van der Waals surface area contributed by atoms with Crippen LogP contribution in [0.5, 0.6) is 0 Å². The summed E-state index contributed by atoms with van der Waals surface area (Å²) in [4.78, 5) is 16.4. The number of amides is 1. The molecule has 0 radical (unpaired) electrons. The minimum Gasteiger partial charge on any atom is -0.460 e. The fourth-order valence-electron chi connectivity index (χ4n) is 4.47. The van der Waals surface area contributed by atoms with Crippen molar-refractivity contribution in [1.29, 1.82) is 0 Å². The van der Waals surface area contributed by atoms with Crippen LogP contribution in [0.4, 0.5) is 4.39 Å². The summed E-state index contributed by atoms with van der Waals surface area (Å²) in [7, 11) is 0. The molecule has 1 spiro atoms. The molecule has 1 amide bonds. The van der Waals surface area contributed by atoms with E-state index in [1.807, 2.05) is 23.1 Å². The zero-order chi connectivity index (χ0) is 18.9. The summed E-state index contributed by atoms with van der Waals surface area (Å²) in [5.41, 5.74) is 0.801. The number of likely N-dealkylation sites (tertiary alicyclic amines) is 2. The summed E-state index contributed by atoms with van der Waals surface area (Å²) < 4.78 is 19.8. The van der Waals surface area contributed by atoms with E-state index in [4.69, 9.17) is 4.42 Å². The first-order valence-corrected chi connectivity index (χ1v) is 9.92. The minimum atomic E-state index is -0.259. The second-order valence-electron chi connectivity index (χ2n) is 7.93. The summed E-state index contributed by atoms with van der Waals surface area (Å²) in [6, 6.07) is 10.5. The Balaban J connectivity index is 1.36. The number of halogens is 1. The van der Waals surface area contributed by atoms with E-state index in [1.165, 1.54) is 6.07 Å². The maximum atomic E-state index is 13.9. The van der Waals surface area contributed by atoms with Crippen LogP contribution in [0.15, 0.2) is 40.8 Å². The molecule has 2 fully saturated rings. The average Bonchev–Trinajstić information content (AvgIpc) is 3.14. The first-order valence-electron chi connectivity index (χ1n) is 9.92. The van der Waals surface area contributed by atoms with Gasteiger partial charge in [-0.1, -0.05) is 12.1 Å². The largest absolute Gasteiger partial charge is 0.460 e. The smallest absolute Gasteiger partial charge is 0.222 e. The molecule has 2 aliphatic heterocycles.